The molecule has 0 unspecified atom stereocenters. The van der Waals surface area contributed by atoms with Crippen LogP contribution in [0.5, 0.6) is 17.2 Å². The van der Waals surface area contributed by atoms with Gasteiger partial charge in [0.1, 0.15) is 17.2 Å². The fourth-order valence-corrected chi connectivity index (χ4v) is 5.86. The molecule has 5 heteroatoms. The number of ether oxygens (including phenoxy) is 3. The van der Waals surface area contributed by atoms with Crippen LogP contribution in [0.25, 0.3) is 0 Å². The highest BCUT2D eigenvalue weighted by molar-refractivity contribution is 5.85. The highest BCUT2D eigenvalue weighted by Crippen LogP contribution is 2.42. The summed E-state index contributed by atoms with van der Waals surface area (Å²) in [6, 6.07) is 15.5. The second-order valence-electron chi connectivity index (χ2n) is 16.5. The van der Waals surface area contributed by atoms with Gasteiger partial charge in [0.25, 0.3) is 24.8 Å². The van der Waals surface area contributed by atoms with Crippen LogP contribution in [0, 0.1) is 0 Å². The molecular weight excluding hydrogens is 544 g/mol. The fraction of sp³-hybridized carbons (Fsp3) is 0.487. The molecule has 3 aromatic rings. The molecule has 2 bridgehead atoms. The summed E-state index contributed by atoms with van der Waals surface area (Å²) < 4.78 is 24.0. The number of rotatable bonds is 1. The zero-order valence-electron chi connectivity index (χ0n) is 29.2. The summed E-state index contributed by atoms with van der Waals surface area (Å²) in [4.78, 5) is 0. The normalized spacial score (nSPS) is 17.8. The molecule has 2 aliphatic rings. The Balaban J connectivity index is 1.88. The lowest BCUT2D eigenvalue weighted by Gasteiger charge is -2.28. The van der Waals surface area contributed by atoms with Gasteiger partial charge in [0, 0.05) is 17.2 Å². The van der Waals surface area contributed by atoms with Crippen molar-refractivity contribution in [3.05, 3.63) is 75.8 Å². The van der Waals surface area contributed by atoms with Gasteiger partial charge in [-0.1, -0.05) is 95.2 Å². The minimum atomic E-state index is -0.119. The second kappa shape index (κ2) is 10.8. The molecule has 0 aliphatic carbocycles. The van der Waals surface area contributed by atoms with Crippen molar-refractivity contribution in [3.8, 4) is 17.2 Å². The van der Waals surface area contributed by atoms with E-state index in [2.05, 4.69) is 141 Å². The molecule has 5 rings (SSSR count). The predicted octanol–water partition coefficient (Wildman–Crippen LogP) is 9.11. The Hall–Kier alpha value is -3.60. The molecular formula is C39H52N2O3+2. The number of fused-ring (bicyclic) bond motifs is 2. The van der Waals surface area contributed by atoms with Gasteiger partial charge in [-0.05, 0) is 51.0 Å². The van der Waals surface area contributed by atoms with Gasteiger partial charge in [-0.15, -0.1) is 0 Å². The number of hydrogen-bond acceptors (Lipinski definition) is 3. The minimum Gasteiger partial charge on any atom is -0.496 e. The SMILES string of the molecule is COc1ccc2c(c1)/[N+]1=C/c3cc(C(C)(C)C)cc(C(C)(C)C)c3OC/[N+]2=C\c2cc(C(C)(C)C)cc(C(C)(C)C)c2OC1. The van der Waals surface area contributed by atoms with E-state index >= 15 is 0 Å². The summed E-state index contributed by atoms with van der Waals surface area (Å²) in [5, 5.41) is 0. The van der Waals surface area contributed by atoms with Crippen LogP contribution in [0.4, 0.5) is 11.4 Å². The van der Waals surface area contributed by atoms with E-state index in [0.717, 1.165) is 39.8 Å². The fourth-order valence-electron chi connectivity index (χ4n) is 5.86. The zero-order valence-corrected chi connectivity index (χ0v) is 29.2. The molecule has 0 radical (unpaired) electrons. The van der Waals surface area contributed by atoms with Crippen molar-refractivity contribution >= 4 is 23.8 Å². The molecule has 5 nitrogen and oxygen atoms in total. The van der Waals surface area contributed by atoms with Crippen molar-refractivity contribution in [2.24, 2.45) is 0 Å². The molecule has 2 aliphatic heterocycles. The van der Waals surface area contributed by atoms with Crippen LogP contribution in [0.1, 0.15) is 116 Å². The van der Waals surface area contributed by atoms with Crippen molar-refractivity contribution in [1.29, 1.82) is 0 Å². The Bertz CT molecular complexity index is 1670. The standard InChI is InChI=1S/C39H52N2O3/c1-36(2,3)27-16-25-21-40-23-43-35-26(17-28(37(4,5)6)19-31(35)39(10,11)12)22-41(33-20-29(42-13)14-15-32(33)40)24-44-34(25)30(18-27)38(7,8)9/h14-22H,23-24H2,1-13H3/q+2/b40-21+,41-22+. The zero-order chi connectivity index (χ0) is 32.4. The average molecular weight is 597 g/mol. The van der Waals surface area contributed by atoms with Gasteiger partial charge in [0.15, 0.2) is 12.4 Å². The topological polar surface area (TPSA) is 33.7 Å². The molecule has 0 saturated heterocycles. The highest BCUT2D eigenvalue weighted by Gasteiger charge is 2.35. The van der Waals surface area contributed by atoms with E-state index in [1.807, 2.05) is 6.07 Å². The summed E-state index contributed by atoms with van der Waals surface area (Å²) in [7, 11) is 1.71. The first-order valence-corrected chi connectivity index (χ1v) is 15.8. The first-order valence-electron chi connectivity index (χ1n) is 15.8. The van der Waals surface area contributed by atoms with Crippen LogP contribution in [0.2, 0.25) is 0 Å². The molecule has 0 fully saturated rings. The third-order valence-corrected chi connectivity index (χ3v) is 8.67. The van der Waals surface area contributed by atoms with Crippen molar-refractivity contribution < 1.29 is 23.4 Å². The first-order chi connectivity index (χ1) is 20.3. The van der Waals surface area contributed by atoms with Crippen LogP contribution >= 0.6 is 0 Å². The predicted molar refractivity (Wildman–Crippen MR) is 182 cm³/mol. The van der Waals surface area contributed by atoms with Gasteiger partial charge in [-0.3, -0.25) is 0 Å². The van der Waals surface area contributed by atoms with Crippen molar-refractivity contribution in [1.82, 2.24) is 0 Å². The Morgan fingerprint density at radius 1 is 0.545 bits per heavy atom. The molecule has 0 spiro atoms. The number of nitrogens with zero attached hydrogens (tertiary/aromatic N) is 2. The van der Waals surface area contributed by atoms with E-state index in [1.54, 1.807) is 7.11 Å². The van der Waals surface area contributed by atoms with Crippen molar-refractivity contribution in [2.75, 3.05) is 20.6 Å². The molecule has 0 N–H and O–H groups in total. The maximum Gasteiger partial charge on any atom is 0.292 e. The Morgan fingerprint density at radius 2 is 0.977 bits per heavy atom. The quantitative estimate of drug-likeness (QED) is 0.263. The van der Waals surface area contributed by atoms with E-state index in [4.69, 9.17) is 14.2 Å². The largest absolute Gasteiger partial charge is 0.496 e. The molecule has 44 heavy (non-hydrogen) atoms. The van der Waals surface area contributed by atoms with E-state index < -0.39 is 0 Å². The minimum absolute atomic E-state index is 0.0233. The maximum atomic E-state index is 6.91. The third-order valence-electron chi connectivity index (χ3n) is 8.67. The van der Waals surface area contributed by atoms with Crippen LogP contribution in [0.15, 0.2) is 42.5 Å². The number of methoxy groups -OCH3 is 1. The Kier molecular flexibility index (Phi) is 7.80. The van der Waals surface area contributed by atoms with Gasteiger partial charge < -0.3 is 14.2 Å². The number of benzene rings is 3. The van der Waals surface area contributed by atoms with Gasteiger partial charge >= 0.3 is 0 Å². The maximum absolute atomic E-state index is 6.91. The van der Waals surface area contributed by atoms with Crippen molar-refractivity contribution in [3.63, 3.8) is 0 Å². The summed E-state index contributed by atoms with van der Waals surface area (Å²) in [6.45, 7) is 27.8. The lowest BCUT2D eigenvalue weighted by Crippen LogP contribution is -2.23. The van der Waals surface area contributed by atoms with Gasteiger partial charge in [0.2, 0.25) is 0 Å². The Morgan fingerprint density at radius 3 is 1.36 bits per heavy atom. The summed E-state index contributed by atoms with van der Waals surface area (Å²) in [6.07, 6.45) is 4.41. The van der Waals surface area contributed by atoms with Gasteiger partial charge in [-0.2, -0.15) is 9.15 Å². The third kappa shape index (κ3) is 6.16. The van der Waals surface area contributed by atoms with Gasteiger partial charge in [-0.25, -0.2) is 0 Å². The van der Waals surface area contributed by atoms with Crippen LogP contribution in [0.3, 0.4) is 0 Å². The monoisotopic (exact) mass is 596 g/mol. The Labute approximate surface area is 265 Å². The smallest absolute Gasteiger partial charge is 0.292 e. The molecule has 0 aromatic heterocycles. The summed E-state index contributed by atoms with van der Waals surface area (Å²) >= 11 is 0. The van der Waals surface area contributed by atoms with Crippen LogP contribution in [-0.4, -0.2) is 42.2 Å². The molecule has 3 aromatic carbocycles. The average Bonchev–Trinajstić information content (AvgIpc) is 2.99. The molecule has 0 amide bonds. The first kappa shape index (κ1) is 31.8. The lowest BCUT2D eigenvalue weighted by molar-refractivity contribution is -0.502. The molecule has 0 atom stereocenters. The van der Waals surface area contributed by atoms with E-state index in [0.29, 0.717) is 13.5 Å². The van der Waals surface area contributed by atoms with E-state index in [-0.39, 0.29) is 21.7 Å². The van der Waals surface area contributed by atoms with Gasteiger partial charge in [0.05, 0.1) is 24.3 Å². The second-order valence-corrected chi connectivity index (χ2v) is 16.5. The van der Waals surface area contributed by atoms with Crippen molar-refractivity contribution in [2.45, 2.75) is 105 Å². The number of hydrogen-bond donors (Lipinski definition) is 0. The highest BCUT2D eigenvalue weighted by atomic mass is 16.5. The van der Waals surface area contributed by atoms with E-state index in [9.17, 15) is 0 Å². The molecule has 234 valence electrons. The molecule has 0 saturated carbocycles. The molecule has 2 heterocycles. The van der Waals surface area contributed by atoms with E-state index in [1.165, 1.54) is 22.3 Å². The summed E-state index contributed by atoms with van der Waals surface area (Å²) in [5.74, 6) is 2.62. The summed E-state index contributed by atoms with van der Waals surface area (Å²) in [5.41, 5.74) is 8.78. The van der Waals surface area contributed by atoms with Crippen LogP contribution < -0.4 is 14.2 Å². The van der Waals surface area contributed by atoms with Crippen LogP contribution in [-0.2, 0) is 21.7 Å². The lowest BCUT2D eigenvalue weighted by atomic mass is 9.79.